The SMILES string of the molecule is O=C(CNS(=O)(=O)c1cccc(C(=O)NCC(F)(F)F)c1)NC1CC1. The standard InChI is InChI=1S/C14H16F3N3O4S/c15-14(16,17)8-18-13(22)9-2-1-3-11(6-9)25(23,24)19-7-12(21)20-10-4-5-10/h1-3,6,10,19H,4-5,7-8H2,(H,18,22)(H,20,21). The van der Waals surface area contributed by atoms with Crippen LogP contribution < -0.4 is 15.4 Å². The molecule has 1 aliphatic rings. The molecule has 0 saturated heterocycles. The molecule has 1 saturated carbocycles. The van der Waals surface area contributed by atoms with Gasteiger partial charge < -0.3 is 10.6 Å². The molecule has 25 heavy (non-hydrogen) atoms. The molecule has 1 aromatic carbocycles. The molecular formula is C14H16F3N3O4S. The summed E-state index contributed by atoms with van der Waals surface area (Å²) < 4.78 is 62.7. The number of carbonyl (C=O) groups is 2. The normalized spacial score (nSPS) is 14.8. The Kier molecular flexibility index (Phi) is 5.68. The Morgan fingerprint density at radius 3 is 2.48 bits per heavy atom. The van der Waals surface area contributed by atoms with Crippen molar-refractivity contribution in [1.29, 1.82) is 0 Å². The molecule has 0 aliphatic heterocycles. The van der Waals surface area contributed by atoms with Crippen LogP contribution in [0.25, 0.3) is 0 Å². The highest BCUT2D eigenvalue weighted by Gasteiger charge is 2.28. The van der Waals surface area contributed by atoms with Gasteiger partial charge in [0.1, 0.15) is 6.54 Å². The van der Waals surface area contributed by atoms with Gasteiger partial charge in [-0.2, -0.15) is 13.2 Å². The molecule has 0 unspecified atom stereocenters. The molecule has 138 valence electrons. The third-order valence-electron chi connectivity index (χ3n) is 3.22. The second kappa shape index (κ2) is 7.40. The molecule has 7 nitrogen and oxygen atoms in total. The summed E-state index contributed by atoms with van der Waals surface area (Å²) in [6.45, 7) is -1.99. The van der Waals surface area contributed by atoms with Crippen LogP contribution in [-0.4, -0.2) is 45.5 Å². The van der Waals surface area contributed by atoms with Crippen molar-refractivity contribution in [3.8, 4) is 0 Å². The van der Waals surface area contributed by atoms with E-state index in [0.717, 1.165) is 18.9 Å². The van der Waals surface area contributed by atoms with Gasteiger partial charge in [-0.15, -0.1) is 0 Å². The molecule has 0 bridgehead atoms. The molecule has 11 heteroatoms. The molecule has 2 amide bonds. The summed E-state index contributed by atoms with van der Waals surface area (Å²) in [6.07, 6.45) is -2.86. The zero-order valence-corrected chi connectivity index (χ0v) is 13.7. The van der Waals surface area contributed by atoms with Crippen LogP contribution in [0.2, 0.25) is 0 Å². The van der Waals surface area contributed by atoms with E-state index in [2.05, 4.69) is 10.0 Å². The largest absolute Gasteiger partial charge is 0.405 e. The zero-order chi connectivity index (χ0) is 18.7. The third-order valence-corrected chi connectivity index (χ3v) is 4.62. The highest BCUT2D eigenvalue weighted by atomic mass is 32.2. The van der Waals surface area contributed by atoms with Crippen molar-refractivity contribution in [2.75, 3.05) is 13.1 Å². The fourth-order valence-corrected chi connectivity index (χ4v) is 2.86. The van der Waals surface area contributed by atoms with Gasteiger partial charge in [-0.25, -0.2) is 13.1 Å². The van der Waals surface area contributed by atoms with E-state index in [1.807, 2.05) is 0 Å². The van der Waals surface area contributed by atoms with Crippen LogP contribution in [0.15, 0.2) is 29.2 Å². The fraction of sp³-hybridized carbons (Fsp3) is 0.429. The summed E-state index contributed by atoms with van der Waals surface area (Å²) in [7, 11) is -4.08. The van der Waals surface area contributed by atoms with Gasteiger partial charge in [0.05, 0.1) is 11.4 Å². The Morgan fingerprint density at radius 1 is 1.20 bits per heavy atom. The summed E-state index contributed by atoms with van der Waals surface area (Å²) >= 11 is 0. The predicted octanol–water partition coefficient (Wildman–Crippen LogP) is 0.536. The van der Waals surface area contributed by atoms with Gasteiger partial charge in [0.2, 0.25) is 15.9 Å². The van der Waals surface area contributed by atoms with Gasteiger partial charge in [-0.05, 0) is 31.0 Å². The number of amides is 2. The second-order valence-corrected chi connectivity index (χ2v) is 7.26. The van der Waals surface area contributed by atoms with Gasteiger partial charge in [0.15, 0.2) is 0 Å². The molecule has 0 spiro atoms. The van der Waals surface area contributed by atoms with Gasteiger partial charge in [0.25, 0.3) is 5.91 Å². The van der Waals surface area contributed by atoms with Crippen molar-refractivity contribution in [2.45, 2.75) is 30.0 Å². The molecule has 1 aromatic rings. The molecular weight excluding hydrogens is 363 g/mol. The number of halogens is 3. The summed E-state index contributed by atoms with van der Waals surface area (Å²) in [6, 6.07) is 4.60. The van der Waals surface area contributed by atoms with Crippen LogP contribution in [0.1, 0.15) is 23.2 Å². The predicted molar refractivity (Wildman–Crippen MR) is 81.2 cm³/mol. The van der Waals surface area contributed by atoms with Crippen LogP contribution >= 0.6 is 0 Å². The molecule has 0 radical (unpaired) electrons. The van der Waals surface area contributed by atoms with Gasteiger partial charge in [0, 0.05) is 11.6 Å². The van der Waals surface area contributed by atoms with E-state index in [-0.39, 0.29) is 16.5 Å². The summed E-state index contributed by atoms with van der Waals surface area (Å²) in [5.74, 6) is -1.54. The van der Waals surface area contributed by atoms with Crippen LogP contribution in [-0.2, 0) is 14.8 Å². The van der Waals surface area contributed by atoms with Crippen molar-refractivity contribution in [2.24, 2.45) is 0 Å². The lowest BCUT2D eigenvalue weighted by Gasteiger charge is -2.10. The van der Waals surface area contributed by atoms with Crippen molar-refractivity contribution in [3.05, 3.63) is 29.8 Å². The maximum Gasteiger partial charge on any atom is 0.405 e. The molecule has 3 N–H and O–H groups in total. The number of carbonyl (C=O) groups excluding carboxylic acids is 2. The average molecular weight is 379 g/mol. The zero-order valence-electron chi connectivity index (χ0n) is 12.9. The van der Waals surface area contributed by atoms with Crippen LogP contribution in [0.4, 0.5) is 13.2 Å². The Hall–Kier alpha value is -2.14. The number of sulfonamides is 1. The van der Waals surface area contributed by atoms with E-state index in [1.165, 1.54) is 18.2 Å². The van der Waals surface area contributed by atoms with Crippen LogP contribution in [0, 0.1) is 0 Å². The maximum atomic E-state index is 12.1. The van der Waals surface area contributed by atoms with Gasteiger partial charge in [-0.3, -0.25) is 9.59 Å². The Balaban J connectivity index is 2.00. The summed E-state index contributed by atoms with van der Waals surface area (Å²) in [4.78, 5) is 22.9. The first-order valence-corrected chi connectivity index (χ1v) is 8.79. The minimum Gasteiger partial charge on any atom is -0.352 e. The molecule has 1 aliphatic carbocycles. The van der Waals surface area contributed by atoms with Gasteiger partial charge >= 0.3 is 6.18 Å². The molecule has 0 aromatic heterocycles. The lowest BCUT2D eigenvalue weighted by molar-refractivity contribution is -0.123. The number of hydrogen-bond donors (Lipinski definition) is 3. The quantitative estimate of drug-likeness (QED) is 0.643. The minimum absolute atomic E-state index is 0.0812. The van der Waals surface area contributed by atoms with E-state index < -0.39 is 41.1 Å². The van der Waals surface area contributed by atoms with E-state index in [4.69, 9.17) is 0 Å². The Morgan fingerprint density at radius 2 is 1.88 bits per heavy atom. The topological polar surface area (TPSA) is 104 Å². The average Bonchev–Trinajstić information content (AvgIpc) is 3.34. The van der Waals surface area contributed by atoms with E-state index >= 15 is 0 Å². The number of rotatable bonds is 7. The van der Waals surface area contributed by atoms with Crippen molar-refractivity contribution >= 4 is 21.8 Å². The molecule has 2 rings (SSSR count). The van der Waals surface area contributed by atoms with Crippen molar-refractivity contribution in [3.63, 3.8) is 0 Å². The van der Waals surface area contributed by atoms with Crippen LogP contribution in [0.5, 0.6) is 0 Å². The second-order valence-electron chi connectivity index (χ2n) is 5.49. The van der Waals surface area contributed by atoms with Gasteiger partial charge in [-0.1, -0.05) is 6.07 Å². The van der Waals surface area contributed by atoms with E-state index in [9.17, 15) is 31.2 Å². The maximum absolute atomic E-state index is 12.1. The number of benzene rings is 1. The van der Waals surface area contributed by atoms with Crippen LogP contribution in [0.3, 0.4) is 0 Å². The Bertz CT molecular complexity index is 761. The van der Waals surface area contributed by atoms with Crippen molar-refractivity contribution in [1.82, 2.24) is 15.4 Å². The lowest BCUT2D eigenvalue weighted by atomic mass is 10.2. The number of alkyl halides is 3. The minimum atomic E-state index is -4.57. The number of hydrogen-bond acceptors (Lipinski definition) is 4. The summed E-state index contributed by atoms with van der Waals surface area (Å²) in [5, 5.41) is 4.25. The summed E-state index contributed by atoms with van der Waals surface area (Å²) in [5.41, 5.74) is -0.241. The number of nitrogens with one attached hydrogen (secondary N) is 3. The first kappa shape index (κ1) is 19.2. The molecule has 0 atom stereocenters. The van der Waals surface area contributed by atoms with E-state index in [1.54, 1.807) is 5.32 Å². The smallest absolute Gasteiger partial charge is 0.352 e. The highest BCUT2D eigenvalue weighted by Crippen LogP contribution is 2.18. The third kappa shape index (κ3) is 6.35. The van der Waals surface area contributed by atoms with Crippen molar-refractivity contribution < 1.29 is 31.2 Å². The molecule has 0 heterocycles. The Labute approximate surface area is 142 Å². The van der Waals surface area contributed by atoms with E-state index in [0.29, 0.717) is 0 Å². The monoisotopic (exact) mass is 379 g/mol. The first-order valence-electron chi connectivity index (χ1n) is 7.31. The molecule has 1 fully saturated rings. The lowest BCUT2D eigenvalue weighted by Crippen LogP contribution is -2.38. The fourth-order valence-electron chi connectivity index (χ4n) is 1.84. The highest BCUT2D eigenvalue weighted by molar-refractivity contribution is 7.89. The first-order chi connectivity index (χ1) is 11.6.